The number of alkyl halides is 3. The second-order valence-corrected chi connectivity index (χ2v) is 8.59. The maximum Gasteiger partial charge on any atom is 0.421 e. The normalized spacial score (nSPS) is 17.4. The van der Waals surface area contributed by atoms with Crippen molar-refractivity contribution >= 4 is 34.8 Å². The van der Waals surface area contributed by atoms with E-state index in [4.69, 9.17) is 11.6 Å². The fourth-order valence-corrected chi connectivity index (χ4v) is 4.16. The fourth-order valence-electron chi connectivity index (χ4n) is 3.99. The van der Waals surface area contributed by atoms with Crippen molar-refractivity contribution in [2.24, 2.45) is 4.99 Å². The van der Waals surface area contributed by atoms with Gasteiger partial charge >= 0.3 is 12.2 Å². The summed E-state index contributed by atoms with van der Waals surface area (Å²) in [6.45, 7) is -0.287. The molecule has 0 radical (unpaired) electrons. The lowest BCUT2D eigenvalue weighted by atomic mass is 10.1. The van der Waals surface area contributed by atoms with Gasteiger partial charge in [-0.1, -0.05) is 11.6 Å². The van der Waals surface area contributed by atoms with Crippen molar-refractivity contribution in [3.8, 4) is 0 Å². The van der Waals surface area contributed by atoms with E-state index in [-0.39, 0.29) is 11.8 Å². The molecule has 16 heteroatoms. The minimum atomic E-state index is -4.76. The number of nitrogens with zero attached hydrogens (tertiary/aromatic N) is 9. The number of halogens is 4. The highest BCUT2D eigenvalue weighted by Crippen LogP contribution is 2.51. The SMILES string of the molecule is CN(C)C1(c2c(NC(=O)NN3C=C(C(F)(F)F)C(n4nccn4)=NC3)cnc3cc(Cl)nn23)CC1. The van der Waals surface area contributed by atoms with E-state index in [9.17, 15) is 18.0 Å². The molecule has 1 saturated carbocycles. The smallest absolute Gasteiger partial charge is 0.303 e. The lowest BCUT2D eigenvalue weighted by Crippen LogP contribution is -2.45. The zero-order valence-electron chi connectivity index (χ0n) is 18.5. The van der Waals surface area contributed by atoms with E-state index in [0.717, 1.165) is 28.8 Å². The maximum atomic E-state index is 13.7. The first-order valence-electron chi connectivity index (χ1n) is 10.4. The van der Waals surface area contributed by atoms with Crippen molar-refractivity contribution in [2.75, 3.05) is 26.1 Å². The van der Waals surface area contributed by atoms with Gasteiger partial charge in [0, 0.05) is 12.3 Å². The van der Waals surface area contributed by atoms with Gasteiger partial charge in [0.1, 0.15) is 12.2 Å². The van der Waals surface area contributed by atoms with E-state index in [0.29, 0.717) is 17.0 Å². The van der Waals surface area contributed by atoms with Crippen LogP contribution in [0.2, 0.25) is 5.15 Å². The van der Waals surface area contributed by atoms with Crippen LogP contribution in [0.1, 0.15) is 18.5 Å². The number of allylic oxidation sites excluding steroid dienone is 1. The molecule has 0 unspecified atom stereocenters. The highest BCUT2D eigenvalue weighted by molar-refractivity contribution is 6.29. The molecule has 1 aliphatic carbocycles. The molecule has 3 aromatic rings. The maximum absolute atomic E-state index is 13.7. The van der Waals surface area contributed by atoms with E-state index in [2.05, 4.69) is 36.0 Å². The Morgan fingerprint density at radius 3 is 2.57 bits per heavy atom. The standard InChI is InChI=1S/C19H19ClF3N11O/c1-31(2)18(3-4-18)15-12(8-24-14-7-13(20)29-33(14)15)28-17(35)30-32-9-11(19(21,22)23)16(25-10-32)34-26-5-6-27-34/h5-9H,3-4,10H2,1-2H3,(H2,28,30,35). The molecule has 0 saturated heterocycles. The number of carbonyl (C=O) groups excluding carboxylic acids is 1. The lowest BCUT2D eigenvalue weighted by molar-refractivity contribution is -0.0881. The number of nitrogens with one attached hydrogen (secondary N) is 2. The first-order valence-corrected chi connectivity index (χ1v) is 10.7. The van der Waals surface area contributed by atoms with Crippen LogP contribution in [0.4, 0.5) is 23.7 Å². The predicted molar refractivity (Wildman–Crippen MR) is 118 cm³/mol. The van der Waals surface area contributed by atoms with Crippen molar-refractivity contribution in [3.63, 3.8) is 0 Å². The quantitative estimate of drug-likeness (QED) is 0.553. The van der Waals surface area contributed by atoms with Gasteiger partial charge in [-0.05, 0) is 26.9 Å². The number of rotatable bonds is 4. The van der Waals surface area contributed by atoms with Crippen molar-refractivity contribution in [1.82, 2.24) is 44.9 Å². The summed E-state index contributed by atoms with van der Waals surface area (Å²) in [6, 6.07) is 0.816. The van der Waals surface area contributed by atoms with Crippen LogP contribution in [0.5, 0.6) is 0 Å². The molecule has 35 heavy (non-hydrogen) atoms. The van der Waals surface area contributed by atoms with Gasteiger partial charge in [-0.25, -0.2) is 24.7 Å². The van der Waals surface area contributed by atoms with Gasteiger partial charge in [-0.3, -0.25) is 9.91 Å². The van der Waals surface area contributed by atoms with E-state index in [1.807, 2.05) is 19.0 Å². The summed E-state index contributed by atoms with van der Waals surface area (Å²) in [7, 11) is 3.82. The molecule has 0 atom stereocenters. The summed E-state index contributed by atoms with van der Waals surface area (Å²) < 4.78 is 42.5. The first kappa shape index (κ1) is 23.0. The monoisotopic (exact) mass is 509 g/mol. The molecule has 4 heterocycles. The largest absolute Gasteiger partial charge is 0.421 e. The van der Waals surface area contributed by atoms with Gasteiger partial charge < -0.3 is 5.32 Å². The number of hydrogen-bond acceptors (Lipinski definition) is 8. The van der Waals surface area contributed by atoms with Crippen LogP contribution in [-0.2, 0) is 5.54 Å². The van der Waals surface area contributed by atoms with Crippen LogP contribution in [0.3, 0.4) is 0 Å². The Bertz CT molecular complexity index is 1340. The van der Waals surface area contributed by atoms with Gasteiger partial charge in [0.2, 0.25) is 0 Å². The molecule has 0 spiro atoms. The Morgan fingerprint density at radius 2 is 1.94 bits per heavy atom. The minimum Gasteiger partial charge on any atom is -0.303 e. The molecule has 2 amide bonds. The molecule has 2 N–H and O–H groups in total. The average molecular weight is 510 g/mol. The number of hydrogen-bond donors (Lipinski definition) is 2. The van der Waals surface area contributed by atoms with Crippen LogP contribution < -0.4 is 10.7 Å². The van der Waals surface area contributed by atoms with Crippen LogP contribution in [0.15, 0.2) is 41.4 Å². The van der Waals surface area contributed by atoms with Gasteiger partial charge in [0.25, 0.3) is 0 Å². The number of carbonyl (C=O) groups is 1. The Labute approximate surface area is 201 Å². The average Bonchev–Trinajstić information content (AvgIpc) is 3.22. The first-order chi connectivity index (χ1) is 16.6. The van der Waals surface area contributed by atoms with Crippen molar-refractivity contribution in [2.45, 2.75) is 24.6 Å². The Kier molecular flexibility index (Phi) is 5.40. The Hall–Kier alpha value is -3.72. The van der Waals surface area contributed by atoms with Gasteiger partial charge in [-0.2, -0.15) is 28.5 Å². The summed E-state index contributed by atoms with van der Waals surface area (Å²) in [5, 5.41) is 15.6. The summed E-state index contributed by atoms with van der Waals surface area (Å²) in [5.74, 6) is -0.477. The zero-order chi connectivity index (χ0) is 25.0. The number of anilines is 1. The van der Waals surface area contributed by atoms with Crippen LogP contribution >= 0.6 is 11.6 Å². The number of fused-ring (bicyclic) bond motifs is 1. The minimum absolute atomic E-state index is 0.244. The van der Waals surface area contributed by atoms with Crippen LogP contribution in [0, 0.1) is 0 Å². The third kappa shape index (κ3) is 4.16. The lowest BCUT2D eigenvalue weighted by Gasteiger charge is -2.28. The predicted octanol–water partition coefficient (Wildman–Crippen LogP) is 2.23. The van der Waals surface area contributed by atoms with Crippen LogP contribution in [0.25, 0.3) is 5.65 Å². The van der Waals surface area contributed by atoms with Crippen LogP contribution in [-0.4, -0.2) is 78.3 Å². The second-order valence-electron chi connectivity index (χ2n) is 8.20. The highest BCUT2D eigenvalue weighted by atomic mass is 35.5. The molecule has 0 bridgehead atoms. The van der Waals surface area contributed by atoms with Gasteiger partial charge in [0.05, 0.1) is 35.5 Å². The second kappa shape index (κ2) is 8.20. The topological polar surface area (TPSA) is 121 Å². The summed E-state index contributed by atoms with van der Waals surface area (Å²) in [6.07, 6.45) is 1.57. The molecule has 3 aromatic heterocycles. The Balaban J connectivity index is 1.41. The fraction of sp³-hybridized carbons (Fsp3) is 0.368. The van der Waals surface area contributed by atoms with Gasteiger partial charge in [0.15, 0.2) is 16.6 Å². The summed E-state index contributed by atoms with van der Waals surface area (Å²) >= 11 is 6.08. The number of hydrazine groups is 1. The summed E-state index contributed by atoms with van der Waals surface area (Å²) in [5.41, 5.74) is 2.39. The van der Waals surface area contributed by atoms with Crippen molar-refractivity contribution in [3.05, 3.63) is 47.3 Å². The molecular weight excluding hydrogens is 491 g/mol. The molecule has 184 valence electrons. The molecule has 12 nitrogen and oxygen atoms in total. The molecule has 0 aromatic carbocycles. The van der Waals surface area contributed by atoms with Gasteiger partial charge in [-0.15, -0.1) is 4.80 Å². The van der Waals surface area contributed by atoms with Crippen molar-refractivity contribution < 1.29 is 18.0 Å². The third-order valence-electron chi connectivity index (χ3n) is 5.78. The third-order valence-corrected chi connectivity index (χ3v) is 5.96. The molecular formula is C19H19ClF3N11O. The highest BCUT2D eigenvalue weighted by Gasteiger charge is 2.50. The molecule has 5 rings (SSSR count). The molecule has 2 aliphatic rings. The van der Waals surface area contributed by atoms with E-state index < -0.39 is 29.2 Å². The van der Waals surface area contributed by atoms with E-state index in [1.54, 1.807) is 10.6 Å². The number of aliphatic imine (C=N–C) groups is 1. The Morgan fingerprint density at radius 1 is 1.23 bits per heavy atom. The van der Waals surface area contributed by atoms with E-state index >= 15 is 0 Å². The van der Waals surface area contributed by atoms with Crippen molar-refractivity contribution in [1.29, 1.82) is 0 Å². The zero-order valence-corrected chi connectivity index (χ0v) is 19.2. The summed E-state index contributed by atoms with van der Waals surface area (Å²) in [4.78, 5) is 23.8. The molecule has 1 fully saturated rings. The molecule has 1 aliphatic heterocycles. The number of amides is 2. The number of aromatic nitrogens is 6. The number of urea groups is 1. The van der Waals surface area contributed by atoms with E-state index in [1.165, 1.54) is 18.6 Å².